The molecule has 3 N–H and O–H groups in total. The van der Waals surface area contributed by atoms with Crippen LogP contribution >= 0.6 is 15.6 Å². The Morgan fingerprint density at radius 1 is 0.297 bits per heavy atom. The highest BCUT2D eigenvalue weighted by Gasteiger charge is 2.30. The Morgan fingerprint density at radius 2 is 0.505 bits per heavy atom. The van der Waals surface area contributed by atoms with E-state index in [1.54, 1.807) is 0 Å². The van der Waals surface area contributed by atoms with Crippen molar-refractivity contribution in [1.82, 2.24) is 0 Å². The largest absolute Gasteiger partial charge is 0.472 e. The predicted octanol–water partition coefficient (Wildman–Crippen LogP) is 20.6. The molecule has 0 fully saturated rings. The van der Waals surface area contributed by atoms with Gasteiger partial charge < -0.3 is 33.8 Å². The monoisotopic (exact) mass is 1340 g/mol. The standard InChI is InChI=1S/C72H140O17P2/c1-8-9-10-11-12-13-14-15-16-17-18-19-20-21-26-32-41-48-55-71(76)88-67(59-82-69(74)53-46-39-31-27-22-24-29-36-43-50-63(2)3)61-86-90(78,79)84-57-66(73)58-85-91(80,81)87-62-68(60-83-70(75)54-47-40-35-34-38-45-52-65(6)7)89-72(77)56-49-42-33-28-23-25-30-37-44-51-64(4)5/h63-68,73H,8-62H2,1-7H3,(H,78,79)(H,80,81)/t66-,67-,68-/m1/s1. The maximum absolute atomic E-state index is 13.0. The van der Waals surface area contributed by atoms with Crippen LogP contribution in [0, 0.1) is 17.8 Å². The Morgan fingerprint density at radius 3 is 0.747 bits per heavy atom. The SMILES string of the molecule is CCCCCCCCCCCCCCCCCCCCC(=O)O[C@H](COC(=O)CCCCCCCCCCCC(C)C)COP(=O)(O)OC[C@@H](O)COP(=O)(O)OC[C@@H](COC(=O)CCCCCCCCC(C)C)OC(=O)CCCCCCCCCCCC(C)C. The maximum Gasteiger partial charge on any atom is 0.472 e. The molecule has 0 bridgehead atoms. The van der Waals surface area contributed by atoms with E-state index in [4.69, 9.17) is 37.0 Å². The van der Waals surface area contributed by atoms with Crippen LogP contribution in [0.3, 0.4) is 0 Å². The van der Waals surface area contributed by atoms with E-state index in [0.717, 1.165) is 108 Å². The number of carbonyl (C=O) groups is 4. The Kier molecular flexibility index (Phi) is 61.5. The van der Waals surface area contributed by atoms with Gasteiger partial charge in [0.1, 0.15) is 19.3 Å². The molecule has 0 amide bonds. The molecule has 0 heterocycles. The number of carbonyl (C=O) groups excluding carboxylic acids is 4. The van der Waals surface area contributed by atoms with Crippen molar-refractivity contribution in [3.8, 4) is 0 Å². The number of esters is 4. The van der Waals surface area contributed by atoms with E-state index in [-0.39, 0.29) is 25.7 Å². The summed E-state index contributed by atoms with van der Waals surface area (Å²) in [6.45, 7) is 11.7. The molecule has 5 atom stereocenters. The van der Waals surface area contributed by atoms with Crippen molar-refractivity contribution in [2.45, 2.75) is 381 Å². The number of phosphoric acid groups is 2. The van der Waals surface area contributed by atoms with Crippen LogP contribution in [0.5, 0.6) is 0 Å². The summed E-state index contributed by atoms with van der Waals surface area (Å²) in [6.07, 6.45) is 47.4. The summed E-state index contributed by atoms with van der Waals surface area (Å²) < 4.78 is 68.3. The molecule has 0 aromatic heterocycles. The van der Waals surface area contributed by atoms with Gasteiger partial charge in [-0.3, -0.25) is 37.3 Å². The number of hydrogen-bond acceptors (Lipinski definition) is 15. The minimum Gasteiger partial charge on any atom is -0.462 e. The third-order valence-corrected chi connectivity index (χ3v) is 18.5. The summed E-state index contributed by atoms with van der Waals surface area (Å²) in [6, 6.07) is 0. The number of rotatable bonds is 70. The van der Waals surface area contributed by atoms with Gasteiger partial charge >= 0.3 is 39.5 Å². The summed E-state index contributed by atoms with van der Waals surface area (Å²) in [7, 11) is -9.90. The molecule has 540 valence electrons. The Hall–Kier alpha value is -1.94. The average molecular weight is 1340 g/mol. The van der Waals surface area contributed by atoms with Gasteiger partial charge in [-0.15, -0.1) is 0 Å². The van der Waals surface area contributed by atoms with E-state index < -0.39 is 97.5 Å². The van der Waals surface area contributed by atoms with E-state index in [1.165, 1.54) is 167 Å². The first-order valence-electron chi connectivity index (χ1n) is 37.3. The Bertz CT molecular complexity index is 1780. The first kappa shape index (κ1) is 89.1. The van der Waals surface area contributed by atoms with Gasteiger partial charge in [-0.05, 0) is 43.4 Å². The van der Waals surface area contributed by atoms with E-state index in [2.05, 4.69) is 48.5 Å². The summed E-state index contributed by atoms with van der Waals surface area (Å²) >= 11 is 0. The van der Waals surface area contributed by atoms with Crippen LogP contribution < -0.4 is 0 Å². The molecule has 0 aliphatic heterocycles. The van der Waals surface area contributed by atoms with Crippen LogP contribution in [-0.2, 0) is 65.4 Å². The van der Waals surface area contributed by atoms with Crippen molar-refractivity contribution in [2.24, 2.45) is 17.8 Å². The van der Waals surface area contributed by atoms with Gasteiger partial charge in [-0.1, -0.05) is 312 Å². The molecule has 0 rings (SSSR count). The van der Waals surface area contributed by atoms with Gasteiger partial charge in [0.25, 0.3) is 0 Å². The highest BCUT2D eigenvalue weighted by atomic mass is 31.2. The van der Waals surface area contributed by atoms with Crippen LogP contribution in [0.2, 0.25) is 0 Å². The average Bonchev–Trinajstić information content (AvgIpc) is 2.09. The Labute approximate surface area is 556 Å². The number of aliphatic hydroxyl groups is 1. The highest BCUT2D eigenvalue weighted by Crippen LogP contribution is 2.45. The van der Waals surface area contributed by atoms with Crippen molar-refractivity contribution in [2.75, 3.05) is 39.6 Å². The summed E-state index contributed by atoms with van der Waals surface area (Å²) in [5.41, 5.74) is 0. The van der Waals surface area contributed by atoms with Gasteiger partial charge in [-0.25, -0.2) is 9.13 Å². The zero-order valence-electron chi connectivity index (χ0n) is 59.3. The van der Waals surface area contributed by atoms with E-state index >= 15 is 0 Å². The van der Waals surface area contributed by atoms with Gasteiger partial charge in [0.05, 0.1) is 26.4 Å². The number of ether oxygens (including phenoxy) is 4. The fraction of sp³-hybridized carbons (Fsp3) is 0.944. The molecule has 91 heavy (non-hydrogen) atoms. The lowest BCUT2D eigenvalue weighted by Gasteiger charge is -2.21. The quantitative estimate of drug-likeness (QED) is 0.0222. The lowest BCUT2D eigenvalue weighted by molar-refractivity contribution is -0.161. The zero-order chi connectivity index (χ0) is 67.3. The van der Waals surface area contributed by atoms with Crippen LogP contribution in [-0.4, -0.2) is 96.7 Å². The highest BCUT2D eigenvalue weighted by molar-refractivity contribution is 7.47. The smallest absolute Gasteiger partial charge is 0.462 e. The summed E-state index contributed by atoms with van der Waals surface area (Å²) in [5.74, 6) is 0.0331. The number of hydrogen-bond donors (Lipinski definition) is 3. The summed E-state index contributed by atoms with van der Waals surface area (Å²) in [4.78, 5) is 72.6. The van der Waals surface area contributed by atoms with Gasteiger partial charge in [0, 0.05) is 25.7 Å². The molecule has 0 aliphatic carbocycles. The second-order valence-corrected chi connectivity index (χ2v) is 30.3. The van der Waals surface area contributed by atoms with Crippen molar-refractivity contribution in [1.29, 1.82) is 0 Å². The molecule has 0 aromatic rings. The molecule has 0 aromatic carbocycles. The first-order valence-corrected chi connectivity index (χ1v) is 40.3. The fourth-order valence-corrected chi connectivity index (χ4v) is 12.5. The van der Waals surface area contributed by atoms with Crippen LogP contribution in [0.15, 0.2) is 0 Å². The fourth-order valence-electron chi connectivity index (χ4n) is 10.9. The van der Waals surface area contributed by atoms with Gasteiger partial charge in [-0.2, -0.15) is 0 Å². The molecule has 0 radical (unpaired) electrons. The Balaban J connectivity index is 5.22. The zero-order valence-corrected chi connectivity index (χ0v) is 61.1. The topological polar surface area (TPSA) is 237 Å². The molecule has 2 unspecified atom stereocenters. The molecular formula is C72H140O17P2. The third kappa shape index (κ3) is 66.5. The summed E-state index contributed by atoms with van der Waals surface area (Å²) in [5, 5.41) is 10.6. The normalized spacial score (nSPS) is 14.2. The maximum atomic E-state index is 13.0. The van der Waals surface area contributed by atoms with Crippen LogP contribution in [0.25, 0.3) is 0 Å². The van der Waals surface area contributed by atoms with E-state index in [1.807, 2.05) is 0 Å². The van der Waals surface area contributed by atoms with Crippen molar-refractivity contribution >= 4 is 39.5 Å². The second kappa shape index (κ2) is 62.8. The van der Waals surface area contributed by atoms with Gasteiger partial charge in [0.15, 0.2) is 12.2 Å². The van der Waals surface area contributed by atoms with Crippen LogP contribution in [0.1, 0.15) is 363 Å². The molecular weight excluding hydrogens is 1200 g/mol. The lowest BCUT2D eigenvalue weighted by Crippen LogP contribution is -2.30. The predicted molar refractivity (Wildman–Crippen MR) is 368 cm³/mol. The van der Waals surface area contributed by atoms with Crippen molar-refractivity contribution in [3.63, 3.8) is 0 Å². The first-order chi connectivity index (χ1) is 43.7. The number of unbranched alkanes of at least 4 members (excludes halogenated alkanes) is 38. The minimum atomic E-state index is -4.95. The number of aliphatic hydroxyl groups excluding tert-OH is 1. The van der Waals surface area contributed by atoms with Gasteiger partial charge in [0.2, 0.25) is 0 Å². The van der Waals surface area contributed by atoms with Crippen molar-refractivity contribution in [3.05, 3.63) is 0 Å². The van der Waals surface area contributed by atoms with Crippen LogP contribution in [0.4, 0.5) is 0 Å². The molecule has 0 saturated carbocycles. The number of phosphoric ester groups is 2. The van der Waals surface area contributed by atoms with E-state index in [9.17, 15) is 43.2 Å². The third-order valence-electron chi connectivity index (χ3n) is 16.6. The molecule has 17 nitrogen and oxygen atoms in total. The molecule has 0 spiro atoms. The van der Waals surface area contributed by atoms with E-state index in [0.29, 0.717) is 31.6 Å². The molecule has 0 saturated heterocycles. The minimum absolute atomic E-state index is 0.104. The molecule has 19 heteroatoms. The second-order valence-electron chi connectivity index (χ2n) is 27.4. The molecule has 0 aliphatic rings. The lowest BCUT2D eigenvalue weighted by atomic mass is 10.0. The van der Waals surface area contributed by atoms with Crippen molar-refractivity contribution < 1.29 is 80.2 Å².